The first-order valence-corrected chi connectivity index (χ1v) is 7.37. The first-order valence-electron chi connectivity index (χ1n) is 6.17. The molecule has 0 aliphatic rings. The smallest absolute Gasteiger partial charge is 0.315 e. The fraction of sp³-hybridized carbons (Fsp3) is 0.0667. The van der Waals surface area contributed by atoms with Crippen LogP contribution in [0.1, 0.15) is 4.79 Å². The Kier molecular flexibility index (Phi) is 3.77. The lowest BCUT2D eigenvalue weighted by Crippen LogP contribution is -2.26. The van der Waals surface area contributed by atoms with E-state index in [9.17, 15) is 9.59 Å². The highest BCUT2D eigenvalue weighted by Gasteiger charge is 2.14. The second-order valence-electron chi connectivity index (χ2n) is 4.31. The third-order valence-corrected chi connectivity index (χ3v) is 4.09. The van der Waals surface area contributed by atoms with Gasteiger partial charge in [-0.2, -0.15) is 0 Å². The highest BCUT2D eigenvalue weighted by atomic mass is 35.5. The van der Waals surface area contributed by atoms with Crippen LogP contribution in [0.2, 0.25) is 5.02 Å². The summed E-state index contributed by atoms with van der Waals surface area (Å²) in [6, 6.07) is 13.9. The van der Waals surface area contributed by atoms with E-state index in [-0.39, 0.29) is 11.5 Å². The Labute approximate surface area is 129 Å². The minimum atomic E-state index is -0.396. The monoisotopic (exact) mass is 319 g/mol. The number of rotatable bonds is 3. The van der Waals surface area contributed by atoms with Crippen molar-refractivity contribution in [3.63, 3.8) is 0 Å². The lowest BCUT2D eigenvalue weighted by atomic mass is 10.3. The molecule has 0 aliphatic carbocycles. The summed E-state index contributed by atoms with van der Waals surface area (Å²) in [6.45, 7) is -0.206. The highest BCUT2D eigenvalue weighted by molar-refractivity contribution is 7.16. The Hall–Kier alpha value is -2.11. The normalized spacial score (nSPS) is 10.7. The van der Waals surface area contributed by atoms with Crippen molar-refractivity contribution < 1.29 is 9.53 Å². The molecule has 21 heavy (non-hydrogen) atoms. The van der Waals surface area contributed by atoms with Gasteiger partial charge < -0.3 is 4.74 Å². The molecule has 0 atom stereocenters. The number of nitrogens with zero attached hydrogens (tertiary/aromatic N) is 1. The number of thiazole rings is 1. The van der Waals surface area contributed by atoms with E-state index in [0.717, 1.165) is 20.6 Å². The topological polar surface area (TPSA) is 48.3 Å². The summed E-state index contributed by atoms with van der Waals surface area (Å²) in [4.78, 5) is 23.8. The van der Waals surface area contributed by atoms with E-state index in [1.54, 1.807) is 36.4 Å². The number of hydrogen-bond acceptors (Lipinski definition) is 4. The fourth-order valence-corrected chi connectivity index (χ4v) is 2.96. The first kappa shape index (κ1) is 13.9. The summed E-state index contributed by atoms with van der Waals surface area (Å²) in [6.07, 6.45) is 0. The van der Waals surface area contributed by atoms with E-state index >= 15 is 0 Å². The van der Waals surface area contributed by atoms with Gasteiger partial charge in [0.1, 0.15) is 5.75 Å². The van der Waals surface area contributed by atoms with Gasteiger partial charge >= 0.3 is 4.87 Å². The molecule has 0 fully saturated rings. The maximum absolute atomic E-state index is 12.2. The zero-order valence-electron chi connectivity index (χ0n) is 10.8. The largest absolute Gasteiger partial charge is 0.484 e. The molecule has 0 amide bonds. The van der Waals surface area contributed by atoms with Gasteiger partial charge in [0.2, 0.25) is 0 Å². The molecule has 4 nitrogen and oxygen atoms in total. The van der Waals surface area contributed by atoms with Gasteiger partial charge in [-0.15, -0.1) is 0 Å². The predicted molar refractivity (Wildman–Crippen MR) is 83.7 cm³/mol. The van der Waals surface area contributed by atoms with Crippen LogP contribution >= 0.6 is 22.9 Å². The van der Waals surface area contributed by atoms with E-state index < -0.39 is 5.91 Å². The fourth-order valence-electron chi connectivity index (χ4n) is 1.94. The van der Waals surface area contributed by atoms with E-state index in [1.165, 1.54) is 0 Å². The summed E-state index contributed by atoms with van der Waals surface area (Å²) in [5, 5.41) is 0.591. The van der Waals surface area contributed by atoms with Crippen LogP contribution in [0.15, 0.2) is 53.3 Å². The van der Waals surface area contributed by atoms with E-state index in [4.69, 9.17) is 16.3 Å². The lowest BCUT2D eigenvalue weighted by Gasteiger charge is -2.06. The molecule has 1 aromatic heterocycles. The Morgan fingerprint density at radius 2 is 1.86 bits per heavy atom. The van der Waals surface area contributed by atoms with Crippen molar-refractivity contribution in [3.05, 3.63) is 63.2 Å². The van der Waals surface area contributed by atoms with Gasteiger partial charge in [0.15, 0.2) is 6.61 Å². The van der Waals surface area contributed by atoms with Crippen LogP contribution in [0.4, 0.5) is 0 Å². The molecular formula is C15H10ClNO3S. The van der Waals surface area contributed by atoms with Gasteiger partial charge in [0, 0.05) is 5.02 Å². The number of hydrogen-bond donors (Lipinski definition) is 0. The van der Waals surface area contributed by atoms with Crippen LogP contribution < -0.4 is 9.61 Å². The number of fused-ring (bicyclic) bond motifs is 1. The van der Waals surface area contributed by atoms with Gasteiger partial charge in [0.25, 0.3) is 5.91 Å². The van der Waals surface area contributed by atoms with E-state index in [1.807, 2.05) is 12.1 Å². The molecule has 0 aliphatic heterocycles. The molecule has 3 aromatic rings. The second-order valence-corrected chi connectivity index (χ2v) is 5.74. The third-order valence-electron chi connectivity index (χ3n) is 2.91. The highest BCUT2D eigenvalue weighted by Crippen LogP contribution is 2.17. The summed E-state index contributed by atoms with van der Waals surface area (Å²) in [7, 11) is 0. The number of para-hydroxylation sites is 1. The Balaban J connectivity index is 1.83. The van der Waals surface area contributed by atoms with Crippen molar-refractivity contribution in [1.29, 1.82) is 0 Å². The van der Waals surface area contributed by atoms with Gasteiger partial charge in [-0.25, -0.2) is 4.57 Å². The minimum Gasteiger partial charge on any atom is -0.484 e. The first-order chi connectivity index (χ1) is 10.1. The quantitative estimate of drug-likeness (QED) is 0.743. The number of aromatic nitrogens is 1. The number of carbonyl (C=O) groups is 1. The molecule has 0 saturated carbocycles. The molecule has 6 heteroatoms. The molecule has 0 bridgehead atoms. The van der Waals surface area contributed by atoms with Crippen LogP contribution in [0.5, 0.6) is 5.75 Å². The Bertz CT molecular complexity index is 851. The van der Waals surface area contributed by atoms with Crippen molar-refractivity contribution in [1.82, 2.24) is 4.57 Å². The Morgan fingerprint density at radius 3 is 2.62 bits per heavy atom. The molecule has 0 radical (unpaired) electrons. The van der Waals surface area contributed by atoms with Gasteiger partial charge in [-0.3, -0.25) is 9.59 Å². The summed E-state index contributed by atoms with van der Waals surface area (Å²) >= 11 is 6.82. The zero-order valence-corrected chi connectivity index (χ0v) is 12.4. The van der Waals surface area contributed by atoms with Gasteiger partial charge in [-0.1, -0.05) is 35.1 Å². The molecule has 0 unspecified atom stereocenters. The van der Waals surface area contributed by atoms with Gasteiger partial charge in [-0.05, 0) is 36.4 Å². The van der Waals surface area contributed by atoms with Crippen LogP contribution in [0.3, 0.4) is 0 Å². The predicted octanol–water partition coefficient (Wildman–Crippen LogP) is 3.44. The van der Waals surface area contributed by atoms with Crippen LogP contribution in [0.25, 0.3) is 10.2 Å². The molecule has 3 rings (SSSR count). The van der Waals surface area contributed by atoms with Crippen LogP contribution in [0, 0.1) is 0 Å². The Morgan fingerprint density at radius 1 is 1.14 bits per heavy atom. The molecule has 0 spiro atoms. The molecule has 0 N–H and O–H groups in total. The zero-order chi connectivity index (χ0) is 14.8. The third kappa shape index (κ3) is 2.84. The SMILES string of the molecule is O=C(COc1ccc(Cl)cc1)n1c(=O)sc2ccccc21. The number of carbonyl (C=O) groups excluding carboxylic acids is 1. The maximum atomic E-state index is 12.2. The summed E-state index contributed by atoms with van der Waals surface area (Å²) in [5.41, 5.74) is 0.609. The average Bonchev–Trinajstić information content (AvgIpc) is 2.82. The standard InChI is InChI=1S/C15H10ClNO3S/c16-10-5-7-11(8-6-10)20-9-14(18)17-12-3-1-2-4-13(12)21-15(17)19/h1-8H,9H2. The minimum absolute atomic E-state index is 0.206. The average molecular weight is 320 g/mol. The molecular weight excluding hydrogens is 310 g/mol. The number of ether oxygens (including phenoxy) is 1. The summed E-state index contributed by atoms with van der Waals surface area (Å²) in [5.74, 6) is 0.132. The van der Waals surface area contributed by atoms with E-state index in [2.05, 4.69) is 0 Å². The van der Waals surface area contributed by atoms with Gasteiger partial charge in [0.05, 0.1) is 10.2 Å². The van der Waals surface area contributed by atoms with Crippen molar-refractivity contribution in [3.8, 4) is 5.75 Å². The van der Waals surface area contributed by atoms with Crippen LogP contribution in [-0.2, 0) is 0 Å². The molecule has 2 aromatic carbocycles. The second kappa shape index (κ2) is 5.71. The number of halogens is 1. The van der Waals surface area contributed by atoms with Crippen molar-refractivity contribution in [2.45, 2.75) is 0 Å². The number of benzene rings is 2. The summed E-state index contributed by atoms with van der Waals surface area (Å²) < 4.78 is 7.32. The van der Waals surface area contributed by atoms with E-state index in [0.29, 0.717) is 16.3 Å². The molecule has 106 valence electrons. The maximum Gasteiger partial charge on any atom is 0.315 e. The lowest BCUT2D eigenvalue weighted by molar-refractivity contribution is 0.0840. The molecule has 0 saturated heterocycles. The van der Waals surface area contributed by atoms with Crippen LogP contribution in [-0.4, -0.2) is 17.1 Å². The molecule has 1 heterocycles. The van der Waals surface area contributed by atoms with Crippen molar-refractivity contribution in [2.75, 3.05) is 6.61 Å². The van der Waals surface area contributed by atoms with Crippen molar-refractivity contribution in [2.24, 2.45) is 0 Å². The van der Waals surface area contributed by atoms with Crippen molar-refractivity contribution >= 4 is 39.1 Å².